The van der Waals surface area contributed by atoms with Crippen molar-refractivity contribution in [3.63, 3.8) is 0 Å². The van der Waals surface area contributed by atoms with E-state index in [1.165, 1.54) is 0 Å². The molecule has 8 heteroatoms. The normalized spacial score (nSPS) is 11.7. The number of hydrogen-bond acceptors (Lipinski definition) is 3. The molecule has 0 fully saturated rings. The summed E-state index contributed by atoms with van der Waals surface area (Å²) in [5.41, 5.74) is -0.174. The third-order valence-corrected chi connectivity index (χ3v) is 1.91. The molecular weight excluding hydrogens is 250 g/mol. The Balaban J connectivity index is 2.67. The van der Waals surface area contributed by atoms with Gasteiger partial charge in [-0.15, -0.1) is 0 Å². The molecule has 0 bridgehead atoms. The number of amides is 2. The lowest BCUT2D eigenvalue weighted by atomic mass is 10.3. The van der Waals surface area contributed by atoms with Crippen LogP contribution in [0.4, 0.5) is 19.3 Å². The fourth-order valence-electron chi connectivity index (χ4n) is 1.14. The van der Waals surface area contributed by atoms with E-state index in [1.807, 2.05) is 10.6 Å². The quantitative estimate of drug-likeness (QED) is 0.634. The van der Waals surface area contributed by atoms with Crippen LogP contribution in [-0.2, 0) is 4.79 Å². The first-order valence-electron chi connectivity index (χ1n) is 4.79. The van der Waals surface area contributed by atoms with Crippen molar-refractivity contribution in [3.8, 4) is 0 Å². The van der Waals surface area contributed by atoms with Crippen molar-refractivity contribution in [2.45, 2.75) is 6.04 Å². The van der Waals surface area contributed by atoms with Crippen LogP contribution in [0.15, 0.2) is 18.2 Å². The molecule has 1 aromatic carbocycles. The molecule has 1 atom stereocenters. The Morgan fingerprint density at radius 1 is 1.22 bits per heavy atom. The van der Waals surface area contributed by atoms with Crippen molar-refractivity contribution in [1.82, 2.24) is 5.32 Å². The molecule has 4 N–H and O–H groups in total. The zero-order valence-corrected chi connectivity index (χ0v) is 8.98. The number of urea groups is 1. The van der Waals surface area contributed by atoms with E-state index in [0.717, 1.165) is 12.1 Å². The van der Waals surface area contributed by atoms with E-state index in [9.17, 15) is 18.4 Å². The van der Waals surface area contributed by atoms with Crippen LogP contribution in [0.1, 0.15) is 0 Å². The maximum Gasteiger partial charge on any atom is 0.328 e. The van der Waals surface area contributed by atoms with E-state index in [1.54, 1.807) is 0 Å². The van der Waals surface area contributed by atoms with Crippen molar-refractivity contribution >= 4 is 17.7 Å². The lowest BCUT2D eigenvalue weighted by Gasteiger charge is -2.12. The standard InChI is InChI=1S/C10H10F2N2O4/c11-5-1-6(12)3-7(2-5)13-10(18)14-8(4-15)9(16)17/h1-3,8,15H,4H2,(H,16,17)(H2,13,14,18)/t8-/m0/s1. The topological polar surface area (TPSA) is 98.7 Å². The third-order valence-electron chi connectivity index (χ3n) is 1.91. The first kappa shape index (κ1) is 13.8. The Labute approximate surface area is 100 Å². The van der Waals surface area contributed by atoms with E-state index in [0.29, 0.717) is 6.07 Å². The molecule has 1 aromatic rings. The van der Waals surface area contributed by atoms with Crippen LogP contribution >= 0.6 is 0 Å². The number of aliphatic carboxylic acids is 1. The maximum atomic E-state index is 12.8. The van der Waals surface area contributed by atoms with Gasteiger partial charge in [0.05, 0.1) is 6.61 Å². The predicted octanol–water partition coefficient (Wildman–Crippen LogP) is 0.532. The Bertz CT molecular complexity index is 447. The summed E-state index contributed by atoms with van der Waals surface area (Å²) in [4.78, 5) is 21.8. The molecule has 0 saturated heterocycles. The van der Waals surface area contributed by atoms with Gasteiger partial charge < -0.3 is 20.8 Å². The number of carboxylic acids is 1. The van der Waals surface area contributed by atoms with E-state index in [-0.39, 0.29) is 5.69 Å². The average molecular weight is 260 g/mol. The Morgan fingerprint density at radius 3 is 2.22 bits per heavy atom. The number of carbonyl (C=O) groups is 2. The highest BCUT2D eigenvalue weighted by Crippen LogP contribution is 2.12. The molecule has 18 heavy (non-hydrogen) atoms. The predicted molar refractivity (Wildman–Crippen MR) is 57.0 cm³/mol. The number of halogens is 2. The Morgan fingerprint density at radius 2 is 1.78 bits per heavy atom. The maximum absolute atomic E-state index is 12.8. The van der Waals surface area contributed by atoms with Gasteiger partial charge >= 0.3 is 12.0 Å². The van der Waals surface area contributed by atoms with Crippen LogP contribution in [0.2, 0.25) is 0 Å². The van der Waals surface area contributed by atoms with Crippen LogP contribution < -0.4 is 10.6 Å². The highest BCUT2D eigenvalue weighted by Gasteiger charge is 2.18. The van der Waals surface area contributed by atoms with Gasteiger partial charge in [0.2, 0.25) is 0 Å². The van der Waals surface area contributed by atoms with Crippen LogP contribution in [0.5, 0.6) is 0 Å². The van der Waals surface area contributed by atoms with Crippen molar-refractivity contribution in [2.24, 2.45) is 0 Å². The number of carbonyl (C=O) groups excluding carboxylic acids is 1. The van der Waals surface area contributed by atoms with Gasteiger partial charge in [0.15, 0.2) is 6.04 Å². The minimum Gasteiger partial charge on any atom is -0.480 e. The lowest BCUT2D eigenvalue weighted by Crippen LogP contribution is -2.45. The number of carboxylic acid groups (broad SMARTS) is 1. The van der Waals surface area contributed by atoms with Crippen LogP contribution in [-0.4, -0.2) is 34.9 Å². The first-order valence-corrected chi connectivity index (χ1v) is 4.79. The Hall–Kier alpha value is -2.22. The van der Waals surface area contributed by atoms with Crippen LogP contribution in [0.25, 0.3) is 0 Å². The van der Waals surface area contributed by atoms with E-state index >= 15 is 0 Å². The van der Waals surface area contributed by atoms with Crippen molar-refractivity contribution in [1.29, 1.82) is 0 Å². The number of aliphatic hydroxyl groups is 1. The summed E-state index contributed by atoms with van der Waals surface area (Å²) >= 11 is 0. The summed E-state index contributed by atoms with van der Waals surface area (Å²) < 4.78 is 25.6. The van der Waals surface area contributed by atoms with Gasteiger partial charge in [0.25, 0.3) is 0 Å². The second kappa shape index (κ2) is 5.92. The molecule has 1 rings (SSSR count). The van der Waals surface area contributed by atoms with Gasteiger partial charge in [-0.2, -0.15) is 0 Å². The number of nitrogens with one attached hydrogen (secondary N) is 2. The van der Waals surface area contributed by atoms with E-state index < -0.39 is 36.3 Å². The number of anilines is 1. The monoisotopic (exact) mass is 260 g/mol. The number of hydrogen-bond donors (Lipinski definition) is 4. The summed E-state index contributed by atoms with van der Waals surface area (Å²) in [5, 5.41) is 21.2. The third kappa shape index (κ3) is 3.98. The van der Waals surface area contributed by atoms with Crippen molar-refractivity contribution in [2.75, 3.05) is 11.9 Å². The molecule has 0 unspecified atom stereocenters. The highest BCUT2D eigenvalue weighted by atomic mass is 19.1. The largest absolute Gasteiger partial charge is 0.480 e. The van der Waals surface area contributed by atoms with Gasteiger partial charge in [-0.3, -0.25) is 0 Å². The lowest BCUT2D eigenvalue weighted by molar-refractivity contribution is -0.140. The summed E-state index contributed by atoms with van der Waals surface area (Å²) in [6, 6.07) is -0.157. The van der Waals surface area contributed by atoms with Gasteiger partial charge in [0, 0.05) is 11.8 Å². The second-order valence-electron chi connectivity index (χ2n) is 3.33. The summed E-state index contributed by atoms with van der Waals surface area (Å²) in [7, 11) is 0. The molecule has 0 aliphatic carbocycles. The van der Waals surface area contributed by atoms with Crippen LogP contribution in [0.3, 0.4) is 0 Å². The minimum absolute atomic E-state index is 0.174. The molecule has 6 nitrogen and oxygen atoms in total. The molecule has 0 heterocycles. The number of rotatable bonds is 4. The van der Waals surface area contributed by atoms with Gasteiger partial charge in [-0.25, -0.2) is 18.4 Å². The molecule has 0 radical (unpaired) electrons. The molecule has 98 valence electrons. The molecular formula is C10H10F2N2O4. The van der Waals surface area contributed by atoms with Gasteiger partial charge in [-0.05, 0) is 12.1 Å². The minimum atomic E-state index is -1.50. The van der Waals surface area contributed by atoms with Crippen molar-refractivity contribution < 1.29 is 28.6 Å². The molecule has 2 amide bonds. The van der Waals surface area contributed by atoms with E-state index in [2.05, 4.69) is 0 Å². The SMILES string of the molecule is O=C(Nc1cc(F)cc(F)c1)N[C@@H](CO)C(=O)O. The number of aliphatic hydroxyl groups excluding tert-OH is 1. The van der Waals surface area contributed by atoms with Crippen LogP contribution in [0, 0.1) is 11.6 Å². The first-order chi connectivity index (χ1) is 8.42. The van der Waals surface area contributed by atoms with Gasteiger partial charge in [0.1, 0.15) is 11.6 Å². The molecule has 0 aliphatic heterocycles. The molecule has 0 aromatic heterocycles. The summed E-state index contributed by atoms with van der Waals surface area (Å²) in [6.07, 6.45) is 0. The fourth-order valence-corrected chi connectivity index (χ4v) is 1.14. The average Bonchev–Trinajstić information content (AvgIpc) is 2.23. The molecule has 0 saturated carbocycles. The summed E-state index contributed by atoms with van der Waals surface area (Å²) in [5.74, 6) is -3.21. The summed E-state index contributed by atoms with van der Waals surface area (Å²) in [6.45, 7) is -0.805. The zero-order chi connectivity index (χ0) is 13.7. The van der Waals surface area contributed by atoms with Crippen molar-refractivity contribution in [3.05, 3.63) is 29.8 Å². The Kier molecular flexibility index (Phi) is 4.55. The fraction of sp³-hybridized carbons (Fsp3) is 0.200. The highest BCUT2D eigenvalue weighted by molar-refractivity contribution is 5.92. The molecule has 0 aliphatic rings. The van der Waals surface area contributed by atoms with Gasteiger partial charge in [-0.1, -0.05) is 0 Å². The second-order valence-corrected chi connectivity index (χ2v) is 3.33. The smallest absolute Gasteiger partial charge is 0.328 e. The van der Waals surface area contributed by atoms with E-state index in [4.69, 9.17) is 10.2 Å². The number of benzene rings is 1. The molecule has 0 spiro atoms. The zero-order valence-electron chi connectivity index (χ0n) is 8.98.